The Labute approximate surface area is 144 Å². The van der Waals surface area contributed by atoms with Crippen LogP contribution >= 0.6 is 0 Å². The number of ether oxygens (including phenoxy) is 1. The van der Waals surface area contributed by atoms with Crippen molar-refractivity contribution < 1.29 is 9.84 Å². The Morgan fingerprint density at radius 1 is 1.12 bits per heavy atom. The summed E-state index contributed by atoms with van der Waals surface area (Å²) in [5.74, 6) is 1.14. The van der Waals surface area contributed by atoms with Crippen molar-refractivity contribution in [2.45, 2.75) is 50.7 Å². The second-order valence-electron chi connectivity index (χ2n) is 7.47. The Morgan fingerprint density at radius 3 is 2.79 bits per heavy atom. The molecule has 0 amide bonds. The van der Waals surface area contributed by atoms with Gasteiger partial charge < -0.3 is 14.8 Å². The highest BCUT2D eigenvalue weighted by atomic mass is 16.5. The molecule has 0 aromatic carbocycles. The number of aryl methyl sites for hydroxylation is 2. The summed E-state index contributed by atoms with van der Waals surface area (Å²) in [5, 5.41) is 10.5. The third-order valence-corrected chi connectivity index (χ3v) is 5.67. The van der Waals surface area contributed by atoms with Gasteiger partial charge in [0.15, 0.2) is 0 Å². The lowest BCUT2D eigenvalue weighted by atomic mass is 10.0. The van der Waals surface area contributed by atoms with Gasteiger partial charge in [0.05, 0.1) is 31.1 Å². The molecule has 2 fully saturated rings. The normalized spacial score (nSPS) is 27.3. The number of aromatic nitrogens is 2. The van der Waals surface area contributed by atoms with Gasteiger partial charge >= 0.3 is 0 Å². The SMILES string of the molecule is O[C@@H](CN1CCOCC1)CN1CCC[C@@H]1c1nc2c([nH]1)CCCC2. The van der Waals surface area contributed by atoms with Crippen LogP contribution in [0.5, 0.6) is 0 Å². The summed E-state index contributed by atoms with van der Waals surface area (Å²) in [6.07, 6.45) is 6.86. The molecule has 1 aromatic heterocycles. The molecule has 2 aliphatic heterocycles. The molecular formula is C18H30N4O2. The topological polar surface area (TPSA) is 64.6 Å². The van der Waals surface area contributed by atoms with Crippen molar-refractivity contribution in [2.24, 2.45) is 0 Å². The summed E-state index contributed by atoms with van der Waals surface area (Å²) in [6.45, 7) is 6.01. The third kappa shape index (κ3) is 3.67. The molecule has 2 saturated heterocycles. The maximum Gasteiger partial charge on any atom is 0.124 e. The van der Waals surface area contributed by atoms with E-state index in [1.165, 1.54) is 30.7 Å². The zero-order valence-corrected chi connectivity index (χ0v) is 14.5. The van der Waals surface area contributed by atoms with Crippen molar-refractivity contribution in [3.8, 4) is 0 Å². The number of rotatable bonds is 5. The van der Waals surface area contributed by atoms with Crippen LogP contribution in [0.3, 0.4) is 0 Å². The molecule has 6 nitrogen and oxygen atoms in total. The molecule has 6 heteroatoms. The van der Waals surface area contributed by atoms with E-state index >= 15 is 0 Å². The van der Waals surface area contributed by atoms with Crippen LogP contribution in [0.4, 0.5) is 0 Å². The van der Waals surface area contributed by atoms with Crippen LogP contribution in [0.15, 0.2) is 0 Å². The van der Waals surface area contributed by atoms with E-state index in [2.05, 4.69) is 14.8 Å². The summed E-state index contributed by atoms with van der Waals surface area (Å²) in [7, 11) is 0. The summed E-state index contributed by atoms with van der Waals surface area (Å²) >= 11 is 0. The number of likely N-dealkylation sites (tertiary alicyclic amines) is 1. The highest BCUT2D eigenvalue weighted by molar-refractivity contribution is 5.19. The molecule has 0 unspecified atom stereocenters. The van der Waals surface area contributed by atoms with Crippen molar-refractivity contribution in [1.82, 2.24) is 19.8 Å². The van der Waals surface area contributed by atoms with Crippen molar-refractivity contribution in [2.75, 3.05) is 45.9 Å². The monoisotopic (exact) mass is 334 g/mol. The smallest absolute Gasteiger partial charge is 0.124 e. The Kier molecular flexibility index (Phi) is 5.17. The van der Waals surface area contributed by atoms with Crippen LogP contribution < -0.4 is 0 Å². The number of morpholine rings is 1. The third-order valence-electron chi connectivity index (χ3n) is 5.67. The first-order valence-electron chi connectivity index (χ1n) is 9.59. The number of fused-ring (bicyclic) bond motifs is 1. The maximum absolute atomic E-state index is 10.5. The van der Waals surface area contributed by atoms with Crippen molar-refractivity contribution in [1.29, 1.82) is 0 Å². The molecule has 3 aliphatic rings. The van der Waals surface area contributed by atoms with Gasteiger partial charge in [-0.2, -0.15) is 0 Å². The van der Waals surface area contributed by atoms with Gasteiger partial charge in [0, 0.05) is 31.9 Å². The molecule has 24 heavy (non-hydrogen) atoms. The lowest BCUT2D eigenvalue weighted by Crippen LogP contribution is -2.44. The van der Waals surface area contributed by atoms with Crippen molar-refractivity contribution >= 4 is 0 Å². The minimum Gasteiger partial charge on any atom is -0.390 e. The first-order chi connectivity index (χ1) is 11.8. The number of H-pyrrole nitrogens is 1. The van der Waals surface area contributed by atoms with Gasteiger partial charge in [-0.25, -0.2) is 4.98 Å². The van der Waals surface area contributed by atoms with Gasteiger partial charge in [-0.15, -0.1) is 0 Å². The van der Waals surface area contributed by atoms with E-state index in [1.54, 1.807) is 0 Å². The highest BCUT2D eigenvalue weighted by Gasteiger charge is 2.31. The summed E-state index contributed by atoms with van der Waals surface area (Å²) in [5.41, 5.74) is 2.65. The van der Waals surface area contributed by atoms with Crippen LogP contribution in [0.1, 0.15) is 48.9 Å². The molecule has 0 bridgehead atoms. The summed E-state index contributed by atoms with van der Waals surface area (Å²) < 4.78 is 5.38. The number of nitrogens with zero attached hydrogens (tertiary/aromatic N) is 3. The van der Waals surface area contributed by atoms with Crippen molar-refractivity contribution in [3.63, 3.8) is 0 Å². The molecule has 1 aliphatic carbocycles. The van der Waals surface area contributed by atoms with Gasteiger partial charge in [-0.1, -0.05) is 0 Å². The van der Waals surface area contributed by atoms with Crippen LogP contribution in [0.25, 0.3) is 0 Å². The minimum absolute atomic E-state index is 0.298. The summed E-state index contributed by atoms with van der Waals surface area (Å²) in [6, 6.07) is 0.356. The van der Waals surface area contributed by atoms with Crippen LogP contribution in [0, 0.1) is 0 Å². The lowest BCUT2D eigenvalue weighted by Gasteiger charge is -2.31. The number of hydrogen-bond donors (Lipinski definition) is 2. The summed E-state index contributed by atoms with van der Waals surface area (Å²) in [4.78, 5) is 13.2. The maximum atomic E-state index is 10.5. The van der Waals surface area contributed by atoms with Gasteiger partial charge in [0.2, 0.25) is 0 Å². The predicted molar refractivity (Wildman–Crippen MR) is 92.0 cm³/mol. The number of aromatic amines is 1. The molecular weight excluding hydrogens is 304 g/mol. The minimum atomic E-state index is -0.298. The molecule has 0 spiro atoms. The lowest BCUT2D eigenvalue weighted by molar-refractivity contribution is 0.00562. The molecule has 1 aromatic rings. The first kappa shape index (κ1) is 16.5. The van der Waals surface area contributed by atoms with E-state index in [0.29, 0.717) is 6.04 Å². The van der Waals surface area contributed by atoms with Gasteiger partial charge in [-0.3, -0.25) is 9.80 Å². The van der Waals surface area contributed by atoms with E-state index in [9.17, 15) is 5.11 Å². The number of hydrogen-bond acceptors (Lipinski definition) is 5. The number of aliphatic hydroxyl groups excluding tert-OH is 1. The number of nitrogens with one attached hydrogen (secondary N) is 1. The van der Waals surface area contributed by atoms with Crippen LogP contribution in [-0.4, -0.2) is 76.9 Å². The van der Waals surface area contributed by atoms with E-state index in [4.69, 9.17) is 9.72 Å². The number of imidazole rings is 1. The fraction of sp³-hybridized carbons (Fsp3) is 0.833. The van der Waals surface area contributed by atoms with Crippen LogP contribution in [-0.2, 0) is 17.6 Å². The molecule has 0 radical (unpaired) electrons. The van der Waals surface area contributed by atoms with E-state index in [-0.39, 0.29) is 6.10 Å². The molecule has 2 N–H and O–H groups in total. The fourth-order valence-electron chi connectivity index (χ4n) is 4.40. The van der Waals surface area contributed by atoms with Gasteiger partial charge in [-0.05, 0) is 45.1 Å². The average molecular weight is 334 g/mol. The quantitative estimate of drug-likeness (QED) is 0.845. The molecule has 134 valence electrons. The largest absolute Gasteiger partial charge is 0.390 e. The Hall–Kier alpha value is -0.950. The van der Waals surface area contributed by atoms with Gasteiger partial charge in [0.25, 0.3) is 0 Å². The Morgan fingerprint density at radius 2 is 1.96 bits per heavy atom. The van der Waals surface area contributed by atoms with Crippen molar-refractivity contribution in [3.05, 3.63) is 17.2 Å². The highest BCUT2D eigenvalue weighted by Crippen LogP contribution is 2.32. The standard InChI is InChI=1S/C18H30N4O2/c23-14(12-21-8-10-24-11-9-21)13-22-7-3-6-17(22)18-19-15-4-1-2-5-16(15)20-18/h14,17,23H,1-13H2,(H,19,20)/t14-,17+/m0/s1. The Balaban J connectivity index is 1.36. The number of β-amino-alcohol motifs (C(OH)–C–C–N with tert-alkyl or cyclic N) is 1. The first-order valence-corrected chi connectivity index (χ1v) is 9.59. The zero-order chi connectivity index (χ0) is 16.4. The number of aliphatic hydroxyl groups is 1. The van der Waals surface area contributed by atoms with Crippen LogP contribution in [0.2, 0.25) is 0 Å². The van der Waals surface area contributed by atoms with E-state index in [1.807, 2.05) is 0 Å². The van der Waals surface area contributed by atoms with E-state index in [0.717, 1.165) is 71.0 Å². The average Bonchev–Trinajstić information content (AvgIpc) is 3.21. The second-order valence-corrected chi connectivity index (χ2v) is 7.47. The molecule has 4 rings (SSSR count). The molecule has 2 atom stereocenters. The van der Waals surface area contributed by atoms with Gasteiger partial charge in [0.1, 0.15) is 5.82 Å². The fourth-order valence-corrected chi connectivity index (χ4v) is 4.40. The molecule has 3 heterocycles. The molecule has 0 saturated carbocycles. The van der Waals surface area contributed by atoms with E-state index < -0.39 is 0 Å². The zero-order valence-electron chi connectivity index (χ0n) is 14.5. The second kappa shape index (κ2) is 7.52. The predicted octanol–water partition coefficient (Wildman–Crippen LogP) is 1.12. The Bertz CT molecular complexity index is 518.